The molecule has 0 amide bonds. The third kappa shape index (κ3) is 3.70. The summed E-state index contributed by atoms with van der Waals surface area (Å²) >= 11 is 5.97. The summed E-state index contributed by atoms with van der Waals surface area (Å²) in [6.45, 7) is 1.31. The largest absolute Gasteiger partial charge is 0.372 e. The summed E-state index contributed by atoms with van der Waals surface area (Å²) in [6.07, 6.45) is 5.27. The Hall–Kier alpha value is -0.570. The number of benzene rings is 1. The maximum absolute atomic E-state index is 5.97. The van der Waals surface area contributed by atoms with E-state index in [2.05, 4.69) is 0 Å². The standard InChI is InChI=1S/C14H20ClNO/c15-13-6-2-5-12(9-13)14(10-16)17-8-7-11-3-1-4-11/h2,5-6,9,11,14H,1,3-4,7-8,10,16H2. The van der Waals surface area contributed by atoms with Crippen molar-refractivity contribution in [3.05, 3.63) is 34.9 Å². The van der Waals surface area contributed by atoms with Crippen LogP contribution in [0.25, 0.3) is 0 Å². The smallest absolute Gasteiger partial charge is 0.0947 e. The quantitative estimate of drug-likeness (QED) is 0.842. The van der Waals surface area contributed by atoms with E-state index >= 15 is 0 Å². The molecule has 1 aliphatic carbocycles. The molecule has 1 saturated carbocycles. The van der Waals surface area contributed by atoms with Gasteiger partial charge < -0.3 is 10.5 Å². The van der Waals surface area contributed by atoms with Gasteiger partial charge in [-0.15, -0.1) is 0 Å². The van der Waals surface area contributed by atoms with Gasteiger partial charge in [-0.2, -0.15) is 0 Å². The van der Waals surface area contributed by atoms with Gasteiger partial charge >= 0.3 is 0 Å². The molecule has 0 aliphatic heterocycles. The molecule has 0 heterocycles. The predicted molar refractivity (Wildman–Crippen MR) is 71.2 cm³/mol. The fourth-order valence-electron chi connectivity index (χ4n) is 2.17. The van der Waals surface area contributed by atoms with Crippen molar-refractivity contribution in [2.45, 2.75) is 31.8 Å². The van der Waals surface area contributed by atoms with Crippen molar-refractivity contribution in [1.82, 2.24) is 0 Å². The van der Waals surface area contributed by atoms with E-state index in [0.717, 1.165) is 29.5 Å². The van der Waals surface area contributed by atoms with E-state index in [9.17, 15) is 0 Å². The number of rotatable bonds is 6. The van der Waals surface area contributed by atoms with Gasteiger partial charge in [0.05, 0.1) is 6.10 Å². The van der Waals surface area contributed by atoms with Crippen LogP contribution in [0.3, 0.4) is 0 Å². The minimum absolute atomic E-state index is 0.0197. The molecule has 1 fully saturated rings. The second kappa shape index (κ2) is 6.39. The van der Waals surface area contributed by atoms with Gasteiger partial charge in [-0.1, -0.05) is 43.0 Å². The van der Waals surface area contributed by atoms with Gasteiger partial charge in [0.25, 0.3) is 0 Å². The SMILES string of the molecule is NCC(OCCC1CCC1)c1cccc(Cl)c1. The zero-order valence-corrected chi connectivity index (χ0v) is 10.8. The molecule has 2 N–H and O–H groups in total. The van der Waals surface area contributed by atoms with Crippen molar-refractivity contribution in [2.24, 2.45) is 11.7 Å². The highest BCUT2D eigenvalue weighted by Gasteiger charge is 2.18. The van der Waals surface area contributed by atoms with Gasteiger partial charge in [0.15, 0.2) is 0 Å². The van der Waals surface area contributed by atoms with Crippen molar-refractivity contribution in [3.8, 4) is 0 Å². The maximum atomic E-state index is 5.97. The Morgan fingerprint density at radius 2 is 2.24 bits per heavy atom. The molecular formula is C14H20ClNO. The Kier molecular flexibility index (Phi) is 4.84. The maximum Gasteiger partial charge on any atom is 0.0947 e. The van der Waals surface area contributed by atoms with Crippen molar-refractivity contribution in [2.75, 3.05) is 13.2 Å². The summed E-state index contributed by atoms with van der Waals surface area (Å²) in [4.78, 5) is 0. The van der Waals surface area contributed by atoms with Crippen molar-refractivity contribution < 1.29 is 4.74 Å². The summed E-state index contributed by atoms with van der Waals surface area (Å²) in [5, 5.41) is 0.739. The Bertz CT molecular complexity index is 352. The first-order valence-corrected chi connectivity index (χ1v) is 6.74. The Labute approximate surface area is 108 Å². The summed E-state index contributed by atoms with van der Waals surface area (Å²) in [7, 11) is 0. The van der Waals surface area contributed by atoms with E-state index in [1.54, 1.807) is 0 Å². The highest BCUT2D eigenvalue weighted by atomic mass is 35.5. The molecule has 17 heavy (non-hydrogen) atoms. The first-order valence-electron chi connectivity index (χ1n) is 6.36. The van der Waals surface area contributed by atoms with E-state index in [0.29, 0.717) is 6.54 Å². The Balaban J connectivity index is 1.82. The molecule has 1 aliphatic rings. The van der Waals surface area contributed by atoms with Crippen molar-refractivity contribution in [3.63, 3.8) is 0 Å². The van der Waals surface area contributed by atoms with Crippen LogP contribution < -0.4 is 5.73 Å². The number of halogens is 1. The normalized spacial score (nSPS) is 17.8. The van der Waals surface area contributed by atoms with Crippen LogP contribution in [0.4, 0.5) is 0 Å². The highest BCUT2D eigenvalue weighted by Crippen LogP contribution is 2.30. The van der Waals surface area contributed by atoms with Gasteiger partial charge in [0, 0.05) is 18.2 Å². The van der Waals surface area contributed by atoms with Crippen molar-refractivity contribution in [1.29, 1.82) is 0 Å². The van der Waals surface area contributed by atoms with Crippen LogP contribution >= 0.6 is 11.6 Å². The number of nitrogens with two attached hydrogens (primary N) is 1. The molecule has 1 unspecified atom stereocenters. The zero-order chi connectivity index (χ0) is 12.1. The van der Waals surface area contributed by atoms with Gasteiger partial charge in [0.2, 0.25) is 0 Å². The molecule has 1 aromatic rings. The molecule has 0 radical (unpaired) electrons. The van der Waals surface area contributed by atoms with Crippen molar-refractivity contribution >= 4 is 11.6 Å². The summed E-state index contributed by atoms with van der Waals surface area (Å²) in [5.41, 5.74) is 6.83. The predicted octanol–water partition coefficient (Wildman–Crippen LogP) is 3.55. The van der Waals surface area contributed by atoms with E-state index in [4.69, 9.17) is 22.1 Å². The fourth-order valence-corrected chi connectivity index (χ4v) is 2.36. The molecule has 94 valence electrons. The van der Waals surface area contributed by atoms with E-state index in [1.165, 1.54) is 19.3 Å². The van der Waals surface area contributed by atoms with Crippen LogP contribution in [0.5, 0.6) is 0 Å². The second-order valence-electron chi connectivity index (χ2n) is 4.74. The lowest BCUT2D eigenvalue weighted by Gasteiger charge is -2.26. The Morgan fingerprint density at radius 1 is 1.41 bits per heavy atom. The van der Waals surface area contributed by atoms with Crippen LogP contribution in [0.15, 0.2) is 24.3 Å². The van der Waals surface area contributed by atoms with E-state index < -0.39 is 0 Å². The third-order valence-corrected chi connectivity index (χ3v) is 3.74. The summed E-state index contributed by atoms with van der Waals surface area (Å²) in [5.74, 6) is 0.882. The van der Waals surface area contributed by atoms with Crippen LogP contribution in [0, 0.1) is 5.92 Å². The topological polar surface area (TPSA) is 35.2 Å². The zero-order valence-electron chi connectivity index (χ0n) is 10.1. The van der Waals surface area contributed by atoms with Crippen LogP contribution in [0.1, 0.15) is 37.4 Å². The lowest BCUT2D eigenvalue weighted by atomic mass is 9.83. The average molecular weight is 254 g/mol. The van der Waals surface area contributed by atoms with E-state index in [1.807, 2.05) is 24.3 Å². The minimum atomic E-state index is -0.0197. The number of hydrogen-bond donors (Lipinski definition) is 1. The molecule has 1 atom stereocenters. The molecule has 2 rings (SSSR count). The Morgan fingerprint density at radius 3 is 2.82 bits per heavy atom. The van der Waals surface area contributed by atoms with Gasteiger partial charge in [-0.05, 0) is 30.0 Å². The summed E-state index contributed by atoms with van der Waals surface area (Å²) < 4.78 is 5.86. The molecule has 0 aromatic heterocycles. The first kappa shape index (κ1) is 12.9. The van der Waals surface area contributed by atoms with Gasteiger partial charge in [0.1, 0.15) is 0 Å². The first-order chi connectivity index (χ1) is 8.29. The second-order valence-corrected chi connectivity index (χ2v) is 5.17. The van der Waals surface area contributed by atoms with Gasteiger partial charge in [-0.3, -0.25) is 0 Å². The number of ether oxygens (including phenoxy) is 1. The molecule has 0 saturated heterocycles. The highest BCUT2D eigenvalue weighted by molar-refractivity contribution is 6.30. The molecule has 0 spiro atoms. The molecular weight excluding hydrogens is 234 g/mol. The van der Waals surface area contributed by atoms with Crippen LogP contribution in [-0.2, 0) is 4.74 Å². The number of hydrogen-bond acceptors (Lipinski definition) is 2. The van der Waals surface area contributed by atoms with Crippen LogP contribution in [-0.4, -0.2) is 13.2 Å². The average Bonchev–Trinajstić information content (AvgIpc) is 2.27. The summed E-state index contributed by atoms with van der Waals surface area (Å²) in [6, 6.07) is 7.76. The van der Waals surface area contributed by atoms with Crippen LogP contribution in [0.2, 0.25) is 5.02 Å². The van der Waals surface area contributed by atoms with E-state index in [-0.39, 0.29) is 6.10 Å². The lowest BCUT2D eigenvalue weighted by Crippen LogP contribution is -2.19. The molecule has 2 nitrogen and oxygen atoms in total. The minimum Gasteiger partial charge on any atom is -0.372 e. The fraction of sp³-hybridized carbons (Fsp3) is 0.571. The monoisotopic (exact) mass is 253 g/mol. The van der Waals surface area contributed by atoms with Gasteiger partial charge in [-0.25, -0.2) is 0 Å². The molecule has 0 bridgehead atoms. The molecule has 1 aromatic carbocycles. The lowest BCUT2D eigenvalue weighted by molar-refractivity contribution is 0.0424. The molecule has 3 heteroatoms. The third-order valence-electron chi connectivity index (χ3n) is 3.50.